The van der Waals surface area contributed by atoms with Crippen LogP contribution in [0.5, 0.6) is 0 Å². The largest absolute Gasteiger partial charge is 0.314 e. The monoisotopic (exact) mass is 204 g/mol. The summed E-state index contributed by atoms with van der Waals surface area (Å²) in [6, 6.07) is 3.77. The van der Waals surface area contributed by atoms with E-state index in [1.165, 1.54) is 12.8 Å². The zero-order chi connectivity index (χ0) is 10.7. The first-order valence-electron chi connectivity index (χ1n) is 5.46. The van der Waals surface area contributed by atoms with Gasteiger partial charge >= 0.3 is 0 Å². The summed E-state index contributed by atoms with van der Waals surface area (Å²) in [5.41, 5.74) is 0.884. The van der Waals surface area contributed by atoms with Gasteiger partial charge in [-0.1, -0.05) is 12.8 Å². The molecule has 1 aliphatic carbocycles. The SMILES string of the molecule is CN(C(=O)C1CCCC1)c1cccnc1. The van der Waals surface area contributed by atoms with Crippen LogP contribution in [-0.2, 0) is 4.79 Å². The highest BCUT2D eigenvalue weighted by Gasteiger charge is 2.25. The predicted octanol–water partition coefficient (Wildman–Crippen LogP) is 2.23. The minimum absolute atomic E-state index is 0.232. The van der Waals surface area contributed by atoms with Gasteiger partial charge in [0.1, 0.15) is 0 Å². The Bertz CT molecular complexity index is 331. The van der Waals surface area contributed by atoms with Gasteiger partial charge in [0.15, 0.2) is 0 Å². The van der Waals surface area contributed by atoms with E-state index < -0.39 is 0 Å². The highest BCUT2D eigenvalue weighted by molar-refractivity contribution is 5.94. The topological polar surface area (TPSA) is 33.2 Å². The Balaban J connectivity index is 2.07. The summed E-state index contributed by atoms with van der Waals surface area (Å²) in [7, 11) is 1.83. The zero-order valence-electron chi connectivity index (χ0n) is 9.02. The van der Waals surface area contributed by atoms with Crippen molar-refractivity contribution < 1.29 is 4.79 Å². The van der Waals surface area contributed by atoms with Crippen LogP contribution in [0.2, 0.25) is 0 Å². The summed E-state index contributed by atoms with van der Waals surface area (Å²) in [5.74, 6) is 0.468. The number of aromatic nitrogens is 1. The van der Waals surface area contributed by atoms with Crippen LogP contribution in [0.4, 0.5) is 5.69 Å². The van der Waals surface area contributed by atoms with Crippen LogP contribution in [-0.4, -0.2) is 17.9 Å². The molecule has 1 heterocycles. The van der Waals surface area contributed by atoms with Gasteiger partial charge in [-0.05, 0) is 25.0 Å². The van der Waals surface area contributed by atoms with Gasteiger partial charge in [0.2, 0.25) is 5.91 Å². The maximum Gasteiger partial charge on any atom is 0.229 e. The lowest BCUT2D eigenvalue weighted by molar-refractivity contribution is -0.121. The molecule has 0 bridgehead atoms. The highest BCUT2D eigenvalue weighted by Crippen LogP contribution is 2.27. The van der Waals surface area contributed by atoms with Crippen LogP contribution in [0.1, 0.15) is 25.7 Å². The van der Waals surface area contributed by atoms with Crippen molar-refractivity contribution in [2.75, 3.05) is 11.9 Å². The second kappa shape index (κ2) is 4.43. The fraction of sp³-hybridized carbons (Fsp3) is 0.500. The third-order valence-corrected chi connectivity index (χ3v) is 3.07. The number of hydrogen-bond acceptors (Lipinski definition) is 2. The average Bonchev–Trinajstić information content (AvgIpc) is 2.82. The Morgan fingerprint density at radius 3 is 2.80 bits per heavy atom. The van der Waals surface area contributed by atoms with E-state index in [9.17, 15) is 4.79 Å². The first-order valence-corrected chi connectivity index (χ1v) is 5.46. The highest BCUT2D eigenvalue weighted by atomic mass is 16.2. The van der Waals surface area contributed by atoms with Crippen LogP contribution in [0.15, 0.2) is 24.5 Å². The van der Waals surface area contributed by atoms with Crippen molar-refractivity contribution in [3.63, 3.8) is 0 Å². The summed E-state index contributed by atoms with van der Waals surface area (Å²) in [4.78, 5) is 17.8. The second-order valence-corrected chi connectivity index (χ2v) is 4.09. The lowest BCUT2D eigenvalue weighted by atomic mass is 10.1. The molecule has 1 amide bonds. The van der Waals surface area contributed by atoms with E-state index in [1.54, 1.807) is 17.3 Å². The molecule has 0 atom stereocenters. The smallest absolute Gasteiger partial charge is 0.229 e. The van der Waals surface area contributed by atoms with Crippen LogP contribution in [0.3, 0.4) is 0 Å². The van der Waals surface area contributed by atoms with Gasteiger partial charge in [0, 0.05) is 19.2 Å². The molecule has 0 aromatic carbocycles. The quantitative estimate of drug-likeness (QED) is 0.740. The van der Waals surface area contributed by atoms with Crippen molar-refractivity contribution in [2.24, 2.45) is 5.92 Å². The number of carbonyl (C=O) groups is 1. The van der Waals surface area contributed by atoms with Crippen molar-refractivity contribution in [3.8, 4) is 0 Å². The van der Waals surface area contributed by atoms with Gasteiger partial charge in [-0.2, -0.15) is 0 Å². The lowest BCUT2D eigenvalue weighted by Crippen LogP contribution is -2.31. The van der Waals surface area contributed by atoms with Crippen LogP contribution < -0.4 is 4.90 Å². The van der Waals surface area contributed by atoms with Crippen LogP contribution in [0.25, 0.3) is 0 Å². The van der Waals surface area contributed by atoms with E-state index in [0.29, 0.717) is 0 Å². The normalized spacial score (nSPS) is 16.6. The number of hydrogen-bond donors (Lipinski definition) is 0. The van der Waals surface area contributed by atoms with Gasteiger partial charge in [0.25, 0.3) is 0 Å². The average molecular weight is 204 g/mol. The van der Waals surface area contributed by atoms with Gasteiger partial charge in [-0.25, -0.2) is 0 Å². The van der Waals surface area contributed by atoms with Crippen molar-refractivity contribution in [1.29, 1.82) is 0 Å². The molecule has 1 fully saturated rings. The maximum absolute atomic E-state index is 12.0. The number of anilines is 1. The molecule has 0 radical (unpaired) electrons. The minimum atomic E-state index is 0.232. The van der Waals surface area contributed by atoms with Crippen LogP contribution >= 0.6 is 0 Å². The molecule has 0 unspecified atom stereocenters. The third-order valence-electron chi connectivity index (χ3n) is 3.07. The molecule has 80 valence electrons. The maximum atomic E-state index is 12.0. The molecule has 1 aromatic heterocycles. The predicted molar refractivity (Wildman–Crippen MR) is 59.6 cm³/mol. The van der Waals surface area contributed by atoms with E-state index in [1.807, 2.05) is 19.2 Å². The minimum Gasteiger partial charge on any atom is -0.314 e. The Hall–Kier alpha value is -1.38. The third kappa shape index (κ3) is 2.17. The van der Waals surface area contributed by atoms with E-state index in [2.05, 4.69) is 4.98 Å². The molecule has 0 N–H and O–H groups in total. The molecule has 1 aromatic rings. The van der Waals surface area contributed by atoms with Gasteiger partial charge in [-0.3, -0.25) is 9.78 Å². The Kier molecular flexibility index (Phi) is 2.99. The first-order chi connectivity index (χ1) is 7.29. The van der Waals surface area contributed by atoms with Crippen molar-refractivity contribution in [2.45, 2.75) is 25.7 Å². The molecular weight excluding hydrogens is 188 g/mol. The number of nitrogens with zero attached hydrogens (tertiary/aromatic N) is 2. The second-order valence-electron chi connectivity index (χ2n) is 4.09. The first kappa shape index (κ1) is 10.1. The molecular formula is C12H16N2O. The fourth-order valence-corrected chi connectivity index (χ4v) is 2.13. The summed E-state index contributed by atoms with van der Waals surface area (Å²) in [6.45, 7) is 0. The molecule has 3 heteroatoms. The summed E-state index contributed by atoms with van der Waals surface area (Å²) < 4.78 is 0. The molecule has 3 nitrogen and oxygen atoms in total. The fourth-order valence-electron chi connectivity index (χ4n) is 2.13. The molecule has 0 saturated heterocycles. The molecule has 1 saturated carbocycles. The van der Waals surface area contributed by atoms with Gasteiger partial charge in [0.05, 0.1) is 11.9 Å². The van der Waals surface area contributed by atoms with Crippen molar-refractivity contribution in [1.82, 2.24) is 4.98 Å². The number of pyridine rings is 1. The number of rotatable bonds is 2. The van der Waals surface area contributed by atoms with E-state index in [4.69, 9.17) is 0 Å². The van der Waals surface area contributed by atoms with Crippen molar-refractivity contribution >= 4 is 11.6 Å². The lowest BCUT2D eigenvalue weighted by Gasteiger charge is -2.20. The molecule has 15 heavy (non-hydrogen) atoms. The number of carbonyl (C=O) groups excluding carboxylic acids is 1. The van der Waals surface area contributed by atoms with E-state index in [-0.39, 0.29) is 11.8 Å². The molecule has 2 rings (SSSR count). The van der Waals surface area contributed by atoms with Gasteiger partial charge in [-0.15, -0.1) is 0 Å². The standard InChI is InChI=1S/C12H16N2O/c1-14(11-7-4-8-13-9-11)12(15)10-5-2-3-6-10/h4,7-10H,2-3,5-6H2,1H3. The van der Waals surface area contributed by atoms with E-state index >= 15 is 0 Å². The van der Waals surface area contributed by atoms with Gasteiger partial charge < -0.3 is 4.90 Å². The molecule has 1 aliphatic rings. The Morgan fingerprint density at radius 2 is 2.20 bits per heavy atom. The Labute approximate surface area is 90.1 Å². The Morgan fingerprint density at radius 1 is 1.47 bits per heavy atom. The zero-order valence-corrected chi connectivity index (χ0v) is 9.02. The summed E-state index contributed by atoms with van der Waals surface area (Å²) in [5, 5.41) is 0. The van der Waals surface area contributed by atoms with Crippen LogP contribution in [0, 0.1) is 5.92 Å². The molecule has 0 aliphatic heterocycles. The number of amides is 1. The summed E-state index contributed by atoms with van der Waals surface area (Å²) in [6.07, 6.45) is 7.92. The van der Waals surface area contributed by atoms with Crippen molar-refractivity contribution in [3.05, 3.63) is 24.5 Å². The summed E-state index contributed by atoms with van der Waals surface area (Å²) >= 11 is 0. The van der Waals surface area contributed by atoms with E-state index in [0.717, 1.165) is 18.5 Å². The molecule has 0 spiro atoms.